The Hall–Kier alpha value is -3.76. The van der Waals surface area contributed by atoms with E-state index in [1.807, 2.05) is 13.8 Å². The molecule has 0 unspecified atom stereocenters. The van der Waals surface area contributed by atoms with Crippen LogP contribution in [0.3, 0.4) is 0 Å². The number of nitrogens with zero attached hydrogens (tertiary/aromatic N) is 1. The quantitative estimate of drug-likeness (QED) is 0.357. The number of hydrogen-bond acceptors (Lipinski definition) is 5. The third-order valence-electron chi connectivity index (χ3n) is 5.35. The maximum Gasteiger partial charge on any atom is 0.262 e. The van der Waals surface area contributed by atoms with Gasteiger partial charge < -0.3 is 9.30 Å². The lowest BCUT2D eigenvalue weighted by atomic mass is 10.2. The van der Waals surface area contributed by atoms with Crippen LogP contribution < -0.4 is 14.2 Å². The fraction of sp³-hybridized carbons (Fsp3) is 0.120. The first-order valence-electron chi connectivity index (χ1n) is 10.6. The molecular formula is C25H25N3O5S2. The van der Waals surface area contributed by atoms with E-state index < -0.39 is 20.0 Å². The molecule has 0 fully saturated rings. The molecule has 35 heavy (non-hydrogen) atoms. The van der Waals surface area contributed by atoms with Gasteiger partial charge in [-0.3, -0.25) is 9.44 Å². The Morgan fingerprint density at radius 2 is 1.03 bits per heavy atom. The molecule has 4 aromatic rings. The van der Waals surface area contributed by atoms with Crippen molar-refractivity contribution in [3.8, 4) is 11.4 Å². The Labute approximate surface area is 205 Å². The molecule has 0 saturated carbocycles. The van der Waals surface area contributed by atoms with E-state index >= 15 is 0 Å². The van der Waals surface area contributed by atoms with Crippen molar-refractivity contribution in [3.05, 3.63) is 96.3 Å². The molecule has 2 N–H and O–H groups in total. The maximum absolute atomic E-state index is 13.1. The highest BCUT2D eigenvalue weighted by atomic mass is 32.2. The monoisotopic (exact) mass is 511 g/mol. The summed E-state index contributed by atoms with van der Waals surface area (Å²) < 4.78 is 64.1. The summed E-state index contributed by atoms with van der Waals surface area (Å²) >= 11 is 0. The average molecular weight is 512 g/mol. The highest BCUT2D eigenvalue weighted by Crippen LogP contribution is 2.31. The third-order valence-corrected chi connectivity index (χ3v) is 8.11. The number of sulfonamides is 2. The van der Waals surface area contributed by atoms with Crippen molar-refractivity contribution < 1.29 is 21.6 Å². The number of ether oxygens (including phenoxy) is 1. The highest BCUT2D eigenvalue weighted by molar-refractivity contribution is 7.93. The lowest BCUT2D eigenvalue weighted by Gasteiger charge is -2.11. The molecule has 1 heterocycles. The summed E-state index contributed by atoms with van der Waals surface area (Å²) in [6.07, 6.45) is 3.03. The minimum atomic E-state index is -3.98. The van der Waals surface area contributed by atoms with Gasteiger partial charge in [0.15, 0.2) is 0 Å². The van der Waals surface area contributed by atoms with Crippen LogP contribution in [0.1, 0.15) is 11.1 Å². The van der Waals surface area contributed by atoms with E-state index in [0.29, 0.717) is 11.4 Å². The second-order valence-corrected chi connectivity index (χ2v) is 11.4. The van der Waals surface area contributed by atoms with Crippen LogP contribution in [0, 0.1) is 13.8 Å². The van der Waals surface area contributed by atoms with Gasteiger partial charge in [-0.1, -0.05) is 35.4 Å². The second-order valence-electron chi connectivity index (χ2n) is 8.03. The summed E-state index contributed by atoms with van der Waals surface area (Å²) in [5.74, 6) is 0.654. The minimum absolute atomic E-state index is 0.0626. The molecule has 182 valence electrons. The molecule has 0 atom stereocenters. The van der Waals surface area contributed by atoms with Gasteiger partial charge in [0.05, 0.1) is 28.3 Å². The molecule has 0 bridgehead atoms. The Kier molecular flexibility index (Phi) is 6.60. The van der Waals surface area contributed by atoms with Crippen molar-refractivity contribution in [2.24, 2.45) is 0 Å². The summed E-state index contributed by atoms with van der Waals surface area (Å²) in [4.78, 5) is 0.125. The van der Waals surface area contributed by atoms with Crippen LogP contribution >= 0.6 is 0 Å². The van der Waals surface area contributed by atoms with Crippen LogP contribution in [-0.2, 0) is 20.0 Å². The van der Waals surface area contributed by atoms with Crippen LogP contribution in [0.25, 0.3) is 5.69 Å². The second kappa shape index (κ2) is 9.47. The van der Waals surface area contributed by atoms with E-state index in [9.17, 15) is 16.8 Å². The van der Waals surface area contributed by atoms with E-state index in [2.05, 4.69) is 9.44 Å². The van der Waals surface area contributed by atoms with Crippen molar-refractivity contribution in [2.45, 2.75) is 23.6 Å². The van der Waals surface area contributed by atoms with Gasteiger partial charge in [0.25, 0.3) is 20.0 Å². The highest BCUT2D eigenvalue weighted by Gasteiger charge is 2.22. The van der Waals surface area contributed by atoms with Crippen LogP contribution in [0.15, 0.2) is 95.0 Å². The van der Waals surface area contributed by atoms with E-state index in [1.165, 1.54) is 36.7 Å². The number of hydrogen-bond donors (Lipinski definition) is 2. The SMILES string of the molecule is COc1ccc(-n2cc(NS(=O)(=O)c3ccc(C)cc3)c(NS(=O)(=O)c3ccc(C)cc3)c2)cc1. The van der Waals surface area contributed by atoms with E-state index in [0.717, 1.165) is 11.1 Å². The van der Waals surface area contributed by atoms with Gasteiger partial charge in [0, 0.05) is 18.1 Å². The van der Waals surface area contributed by atoms with Crippen LogP contribution in [0.5, 0.6) is 5.75 Å². The number of aromatic nitrogens is 1. The van der Waals surface area contributed by atoms with E-state index in [1.54, 1.807) is 60.2 Å². The Bertz CT molecular complexity index is 1450. The van der Waals surface area contributed by atoms with Crippen LogP contribution in [0.4, 0.5) is 11.4 Å². The predicted octanol–water partition coefficient (Wildman–Crippen LogP) is 4.70. The standard InChI is InChI=1S/C25H25N3O5S2/c1-18-4-12-22(13-5-18)34(29,30)26-24-16-28(20-8-10-21(33-3)11-9-20)17-25(24)27-35(31,32)23-14-6-19(2)7-15-23/h4-17,26-27H,1-3H3. The first-order valence-corrected chi connectivity index (χ1v) is 13.6. The molecule has 0 radical (unpaired) electrons. The fourth-order valence-electron chi connectivity index (χ4n) is 3.36. The van der Waals surface area contributed by atoms with Crippen LogP contribution in [-0.4, -0.2) is 28.5 Å². The zero-order chi connectivity index (χ0) is 25.2. The zero-order valence-electron chi connectivity index (χ0n) is 19.4. The molecular weight excluding hydrogens is 486 g/mol. The number of anilines is 2. The number of aryl methyl sites for hydroxylation is 2. The average Bonchev–Trinajstić information content (AvgIpc) is 3.20. The summed E-state index contributed by atoms with van der Waals surface area (Å²) in [6.45, 7) is 3.72. The smallest absolute Gasteiger partial charge is 0.262 e. The minimum Gasteiger partial charge on any atom is -0.497 e. The van der Waals surface area contributed by atoms with Crippen molar-refractivity contribution in [2.75, 3.05) is 16.6 Å². The molecule has 1 aromatic heterocycles. The third kappa shape index (κ3) is 5.50. The first-order chi connectivity index (χ1) is 16.6. The summed E-state index contributed by atoms with van der Waals surface area (Å²) in [5, 5.41) is 0. The topological polar surface area (TPSA) is 106 Å². The number of benzene rings is 3. The van der Waals surface area contributed by atoms with Crippen molar-refractivity contribution in [3.63, 3.8) is 0 Å². The Balaban J connectivity index is 1.75. The van der Waals surface area contributed by atoms with Gasteiger partial charge in [-0.2, -0.15) is 0 Å². The molecule has 0 aliphatic rings. The van der Waals surface area contributed by atoms with Crippen LogP contribution in [0.2, 0.25) is 0 Å². The Morgan fingerprint density at radius 1 is 0.629 bits per heavy atom. The van der Waals surface area contributed by atoms with Crippen molar-refractivity contribution in [1.82, 2.24) is 4.57 Å². The van der Waals surface area contributed by atoms with Gasteiger partial charge >= 0.3 is 0 Å². The Morgan fingerprint density at radius 3 is 1.40 bits per heavy atom. The maximum atomic E-state index is 13.1. The van der Waals surface area contributed by atoms with Crippen molar-refractivity contribution >= 4 is 31.4 Å². The molecule has 10 heteroatoms. The molecule has 8 nitrogen and oxygen atoms in total. The fourth-order valence-corrected chi connectivity index (χ4v) is 5.49. The largest absolute Gasteiger partial charge is 0.497 e. The lowest BCUT2D eigenvalue weighted by Crippen LogP contribution is -2.16. The molecule has 0 aliphatic heterocycles. The summed E-state index contributed by atoms with van der Waals surface area (Å²) in [6, 6.07) is 19.8. The van der Waals surface area contributed by atoms with Gasteiger partial charge in [-0.25, -0.2) is 16.8 Å². The molecule has 0 spiro atoms. The molecule has 0 saturated heterocycles. The van der Waals surface area contributed by atoms with Gasteiger partial charge in [-0.05, 0) is 62.4 Å². The lowest BCUT2D eigenvalue weighted by molar-refractivity contribution is 0.415. The van der Waals surface area contributed by atoms with Gasteiger partial charge in [0.1, 0.15) is 5.75 Å². The van der Waals surface area contributed by atoms with E-state index in [-0.39, 0.29) is 21.2 Å². The van der Waals surface area contributed by atoms with Gasteiger partial charge in [0.2, 0.25) is 0 Å². The number of rotatable bonds is 8. The normalized spacial score (nSPS) is 11.7. The zero-order valence-corrected chi connectivity index (χ0v) is 21.0. The molecule has 4 rings (SSSR count). The molecule has 3 aromatic carbocycles. The van der Waals surface area contributed by atoms with Gasteiger partial charge in [-0.15, -0.1) is 0 Å². The van der Waals surface area contributed by atoms with E-state index in [4.69, 9.17) is 4.74 Å². The summed E-state index contributed by atoms with van der Waals surface area (Å²) in [7, 11) is -6.40. The first kappa shape index (κ1) is 24.4. The van der Waals surface area contributed by atoms with Crippen molar-refractivity contribution in [1.29, 1.82) is 0 Å². The number of methoxy groups -OCH3 is 1. The molecule has 0 amide bonds. The summed E-state index contributed by atoms with van der Waals surface area (Å²) in [5.41, 5.74) is 2.68. The number of nitrogens with one attached hydrogen (secondary N) is 2. The molecule has 0 aliphatic carbocycles. The predicted molar refractivity (Wildman–Crippen MR) is 136 cm³/mol.